The van der Waals surface area contributed by atoms with E-state index in [1.807, 2.05) is 42.5 Å². The van der Waals surface area contributed by atoms with Crippen molar-refractivity contribution in [1.82, 2.24) is 0 Å². The van der Waals surface area contributed by atoms with E-state index in [4.69, 9.17) is 0 Å². The molecule has 0 aliphatic heterocycles. The molecule has 0 saturated heterocycles. The number of carbonyl (C=O) groups excluding carboxylic acids is 3. The van der Waals surface area contributed by atoms with Crippen LogP contribution in [0.15, 0.2) is 98.1 Å². The predicted molar refractivity (Wildman–Crippen MR) is 223 cm³/mol. The standard InChI is InChI=1S/C22H10O2Se3.C9H4OSe3.C8H4Se3/c23-19-14-7-11-3-1-2-4-12(11)8-15(14)20(24)16(19)9-13-10-18-22(26-13)21-17(27-18)5-6-25-21;10-4-5-3-7-9(12-5)8-6(13-7)1-2-11-8;1-3-9-7-5(1)11-6-2-4-10-8(6)7/h1-10H;1-4H;1-4H. The summed E-state index contributed by atoms with van der Waals surface area (Å²) >= 11 is 4.61. The normalized spacial score (nSPS) is 12.8. The number of allylic oxidation sites excluding steroid dienone is 1. The van der Waals surface area contributed by atoms with Crippen molar-refractivity contribution in [3.63, 3.8) is 0 Å². The Morgan fingerprint density at radius 3 is 1.31 bits per heavy atom. The number of fused-ring (bicyclic) bond motifs is 11. The van der Waals surface area contributed by atoms with Crippen LogP contribution in [0.1, 0.15) is 34.4 Å². The summed E-state index contributed by atoms with van der Waals surface area (Å²) in [5.41, 5.74) is 1.44. The monoisotopic (exact) mass is 1250 g/mol. The van der Waals surface area contributed by atoms with E-state index < -0.39 is 0 Å². The first-order chi connectivity index (χ1) is 25.0. The molecule has 0 fully saturated rings. The summed E-state index contributed by atoms with van der Waals surface area (Å²) in [6.07, 6.45) is 2.91. The molecule has 3 nitrogen and oxygen atoms in total. The second-order valence-corrected chi connectivity index (χ2v) is 30.6. The molecule has 2 aromatic carbocycles. The molecule has 12 heteroatoms. The van der Waals surface area contributed by atoms with Crippen molar-refractivity contribution >= 4 is 216 Å². The summed E-state index contributed by atoms with van der Waals surface area (Å²) in [6, 6.07) is 25.3. The van der Waals surface area contributed by atoms with Crippen LogP contribution in [0, 0.1) is 0 Å². The van der Waals surface area contributed by atoms with Gasteiger partial charge in [0.05, 0.1) is 0 Å². The van der Waals surface area contributed by atoms with Crippen molar-refractivity contribution in [3.05, 3.63) is 118 Å². The topological polar surface area (TPSA) is 51.2 Å². The van der Waals surface area contributed by atoms with E-state index in [-0.39, 0.29) is 26.1 Å². The molecule has 11 aromatic rings. The third-order valence-electron chi connectivity index (χ3n) is 8.50. The molecule has 0 spiro atoms. The zero-order valence-corrected chi connectivity index (χ0v) is 41.2. The Balaban J connectivity index is 0.000000112. The van der Waals surface area contributed by atoms with Gasteiger partial charge in [0.15, 0.2) is 0 Å². The number of hydrogen-bond acceptors (Lipinski definition) is 3. The van der Waals surface area contributed by atoms with E-state index in [0.29, 0.717) is 133 Å². The van der Waals surface area contributed by atoms with Crippen LogP contribution in [-0.2, 0) is 0 Å². The number of Topliss-reactive ketones (excluding diaryl/α,β-unsaturated/α-hetero) is 2. The summed E-state index contributed by atoms with van der Waals surface area (Å²) in [7, 11) is 0. The summed E-state index contributed by atoms with van der Waals surface area (Å²) in [5.74, 6) is -0.247. The van der Waals surface area contributed by atoms with Crippen molar-refractivity contribution in [3.8, 4) is 0 Å². The fourth-order valence-corrected chi connectivity index (χ4v) is 35.2. The Bertz CT molecular complexity index is 3070. The fraction of sp³-hybridized carbons (Fsp3) is 0. The number of aldehydes is 1. The van der Waals surface area contributed by atoms with Crippen LogP contribution in [0.2, 0.25) is 0 Å². The second-order valence-electron chi connectivity index (χ2n) is 11.5. The van der Waals surface area contributed by atoms with E-state index in [9.17, 15) is 14.4 Å². The van der Waals surface area contributed by atoms with E-state index in [1.165, 1.54) is 12.8 Å². The molecular formula is C39H18O3Se9. The van der Waals surface area contributed by atoms with Crippen LogP contribution in [0.5, 0.6) is 0 Å². The first-order valence-electron chi connectivity index (χ1n) is 15.4. The molecule has 0 atom stereocenters. The molecule has 0 N–H and O–H groups in total. The first kappa shape index (κ1) is 34.5. The maximum atomic E-state index is 12.9. The SMILES string of the molecule is O=C1C(=Cc2cc3[se]c4cc[se]c4c3[se]2)C(=O)c2cc3ccccc3cc21.O=Cc1cc2[se]c3cc[se]c3c2[se]1.c1cc2[se]c3cc[se]c3c2[se]1. The number of benzene rings is 2. The fourth-order valence-electron chi connectivity index (χ4n) is 6.19. The Labute approximate surface area is 344 Å². The van der Waals surface area contributed by atoms with Crippen molar-refractivity contribution in [2.24, 2.45) is 0 Å². The zero-order chi connectivity index (χ0) is 34.2. The quantitative estimate of drug-likeness (QED) is 0.0937. The van der Waals surface area contributed by atoms with Crippen LogP contribution in [0.3, 0.4) is 0 Å². The minimum absolute atomic E-state index is 0.123. The van der Waals surface area contributed by atoms with Gasteiger partial charge in [-0.2, -0.15) is 0 Å². The number of rotatable bonds is 2. The molecule has 1 aliphatic carbocycles. The third-order valence-corrected chi connectivity index (χ3v) is 33.8. The van der Waals surface area contributed by atoms with Gasteiger partial charge in [0, 0.05) is 0 Å². The number of ketones is 2. The van der Waals surface area contributed by atoms with Crippen LogP contribution in [-0.4, -0.2) is 148 Å². The van der Waals surface area contributed by atoms with Gasteiger partial charge in [-0.3, -0.25) is 0 Å². The van der Waals surface area contributed by atoms with Crippen molar-refractivity contribution in [1.29, 1.82) is 0 Å². The predicted octanol–water partition coefficient (Wildman–Crippen LogP) is 5.92. The number of hydrogen-bond donors (Lipinski definition) is 0. The Morgan fingerprint density at radius 1 is 0.431 bits per heavy atom. The van der Waals surface area contributed by atoms with E-state index in [2.05, 4.69) is 56.2 Å². The van der Waals surface area contributed by atoms with E-state index >= 15 is 0 Å². The van der Waals surface area contributed by atoms with Crippen molar-refractivity contribution < 1.29 is 14.4 Å². The van der Waals surface area contributed by atoms with Gasteiger partial charge in [0.25, 0.3) is 0 Å². The molecule has 0 unspecified atom stereocenters. The van der Waals surface area contributed by atoms with Gasteiger partial charge in [-0.15, -0.1) is 0 Å². The van der Waals surface area contributed by atoms with Crippen molar-refractivity contribution in [2.75, 3.05) is 0 Å². The van der Waals surface area contributed by atoms with E-state index in [1.54, 1.807) is 38.3 Å². The Kier molecular flexibility index (Phi) is 9.64. The molecule has 9 aromatic heterocycles. The van der Waals surface area contributed by atoms with Gasteiger partial charge in [0.1, 0.15) is 0 Å². The minimum atomic E-state index is -0.123. The van der Waals surface area contributed by atoms with E-state index in [0.717, 1.165) is 25.9 Å². The molecule has 1 aliphatic rings. The molecule has 0 amide bonds. The average Bonchev–Trinajstić information content (AvgIpc) is 3.96. The summed E-state index contributed by atoms with van der Waals surface area (Å²) in [5, 5.41) is 2.00. The summed E-state index contributed by atoms with van der Waals surface area (Å²) in [4.78, 5) is 45.9. The first-order valence-corrected chi connectivity index (χ1v) is 31.4. The number of carbonyl (C=O) groups is 3. The van der Waals surface area contributed by atoms with Gasteiger partial charge in [-0.25, -0.2) is 0 Å². The zero-order valence-electron chi connectivity index (χ0n) is 25.8. The molecule has 0 radical (unpaired) electrons. The molecular weight excluding hydrogens is 1230 g/mol. The molecule has 9 heterocycles. The summed E-state index contributed by atoms with van der Waals surface area (Å²) < 4.78 is 21.4. The van der Waals surface area contributed by atoms with Crippen LogP contribution in [0.4, 0.5) is 0 Å². The van der Waals surface area contributed by atoms with Crippen LogP contribution < -0.4 is 0 Å². The van der Waals surface area contributed by atoms with Crippen LogP contribution >= 0.6 is 0 Å². The second kappa shape index (κ2) is 14.3. The maximum absolute atomic E-state index is 12.9. The molecule has 246 valence electrons. The molecule has 0 bridgehead atoms. The summed E-state index contributed by atoms with van der Waals surface area (Å²) in [6.45, 7) is 0. The molecule has 51 heavy (non-hydrogen) atoms. The van der Waals surface area contributed by atoms with Gasteiger partial charge < -0.3 is 0 Å². The van der Waals surface area contributed by atoms with Gasteiger partial charge >= 0.3 is 349 Å². The Hall–Kier alpha value is -0.995. The van der Waals surface area contributed by atoms with Gasteiger partial charge in [-0.1, -0.05) is 0 Å². The molecule has 0 saturated carbocycles. The van der Waals surface area contributed by atoms with Gasteiger partial charge in [-0.05, 0) is 0 Å². The third kappa shape index (κ3) is 6.21. The molecule has 12 rings (SSSR count). The Morgan fingerprint density at radius 2 is 0.843 bits per heavy atom. The van der Waals surface area contributed by atoms with Gasteiger partial charge in [0.2, 0.25) is 0 Å². The van der Waals surface area contributed by atoms with Crippen molar-refractivity contribution in [2.45, 2.75) is 0 Å². The average molecular weight is 1250 g/mol. The van der Waals surface area contributed by atoms with Crippen LogP contribution in [0.25, 0.3) is 68.0 Å².